The lowest BCUT2D eigenvalue weighted by molar-refractivity contribution is 0.00612. The van der Waals surface area contributed by atoms with E-state index in [1.807, 2.05) is 0 Å². The molecule has 0 radical (unpaired) electrons. The van der Waals surface area contributed by atoms with Crippen molar-refractivity contribution in [2.75, 3.05) is 33.0 Å². The Labute approximate surface area is 113 Å². The minimum Gasteiger partial charge on any atom is -0.381 e. The van der Waals surface area contributed by atoms with Crippen molar-refractivity contribution in [1.29, 1.82) is 0 Å². The van der Waals surface area contributed by atoms with Crippen LogP contribution in [0.4, 0.5) is 0 Å². The molecule has 108 valence electrons. The third-order valence-electron chi connectivity index (χ3n) is 3.67. The van der Waals surface area contributed by atoms with Gasteiger partial charge in [0.2, 0.25) is 0 Å². The van der Waals surface area contributed by atoms with Crippen LogP contribution in [0.5, 0.6) is 0 Å². The zero-order chi connectivity index (χ0) is 13.4. The van der Waals surface area contributed by atoms with Gasteiger partial charge in [0.15, 0.2) is 0 Å². The van der Waals surface area contributed by atoms with Crippen molar-refractivity contribution in [3.8, 4) is 0 Å². The Kier molecular flexibility index (Phi) is 7.20. The quantitative estimate of drug-likeness (QED) is 0.761. The summed E-state index contributed by atoms with van der Waals surface area (Å²) in [5.41, 5.74) is 0.255. The summed E-state index contributed by atoms with van der Waals surface area (Å²) < 4.78 is 11.3. The molecular weight excluding hydrogens is 226 g/mol. The average Bonchev–Trinajstić information content (AvgIpc) is 2.33. The molecule has 1 rings (SSSR count). The second kappa shape index (κ2) is 8.13. The first-order valence-electron chi connectivity index (χ1n) is 7.43. The molecule has 0 saturated carbocycles. The third kappa shape index (κ3) is 6.17. The summed E-state index contributed by atoms with van der Waals surface area (Å²) >= 11 is 0. The summed E-state index contributed by atoms with van der Waals surface area (Å²) in [6.45, 7) is 13.6. The van der Waals surface area contributed by atoms with Gasteiger partial charge in [0.1, 0.15) is 0 Å². The van der Waals surface area contributed by atoms with Gasteiger partial charge in [-0.15, -0.1) is 0 Å². The predicted octanol–water partition coefficient (Wildman–Crippen LogP) is 2.84. The standard InChI is InChI=1S/C15H31NO2/c1-5-8-16-14(15(2,3)4)12-18-11-13-6-9-17-10-7-13/h13-14,16H,5-12H2,1-4H3. The Morgan fingerprint density at radius 2 is 1.94 bits per heavy atom. The molecule has 0 aromatic carbocycles. The lowest BCUT2D eigenvalue weighted by atomic mass is 9.87. The van der Waals surface area contributed by atoms with Gasteiger partial charge in [-0.2, -0.15) is 0 Å². The van der Waals surface area contributed by atoms with Gasteiger partial charge < -0.3 is 14.8 Å². The van der Waals surface area contributed by atoms with Crippen LogP contribution >= 0.6 is 0 Å². The van der Waals surface area contributed by atoms with E-state index in [4.69, 9.17) is 9.47 Å². The Hall–Kier alpha value is -0.120. The minimum absolute atomic E-state index is 0.255. The summed E-state index contributed by atoms with van der Waals surface area (Å²) in [5.74, 6) is 0.700. The van der Waals surface area contributed by atoms with E-state index in [1.54, 1.807) is 0 Å². The fourth-order valence-corrected chi connectivity index (χ4v) is 2.20. The van der Waals surface area contributed by atoms with Crippen molar-refractivity contribution in [1.82, 2.24) is 5.32 Å². The van der Waals surface area contributed by atoms with Crippen molar-refractivity contribution in [2.24, 2.45) is 11.3 Å². The van der Waals surface area contributed by atoms with Crippen LogP contribution in [0.2, 0.25) is 0 Å². The van der Waals surface area contributed by atoms with Crippen LogP contribution in [-0.2, 0) is 9.47 Å². The highest BCUT2D eigenvalue weighted by atomic mass is 16.5. The molecule has 0 amide bonds. The molecule has 1 N–H and O–H groups in total. The van der Waals surface area contributed by atoms with Crippen LogP contribution in [0.15, 0.2) is 0 Å². The molecule has 18 heavy (non-hydrogen) atoms. The molecular formula is C15H31NO2. The summed E-state index contributed by atoms with van der Waals surface area (Å²) in [4.78, 5) is 0. The van der Waals surface area contributed by atoms with Gasteiger partial charge in [0.25, 0.3) is 0 Å². The molecule has 0 spiro atoms. The molecule has 3 heteroatoms. The van der Waals surface area contributed by atoms with E-state index in [-0.39, 0.29) is 5.41 Å². The molecule has 1 heterocycles. The molecule has 1 fully saturated rings. The summed E-state index contributed by atoms with van der Waals surface area (Å²) in [7, 11) is 0. The van der Waals surface area contributed by atoms with E-state index in [0.717, 1.165) is 45.8 Å². The van der Waals surface area contributed by atoms with Gasteiger partial charge in [-0.25, -0.2) is 0 Å². The van der Waals surface area contributed by atoms with E-state index in [9.17, 15) is 0 Å². The summed E-state index contributed by atoms with van der Waals surface area (Å²) in [5, 5.41) is 3.60. The Morgan fingerprint density at radius 3 is 2.50 bits per heavy atom. The number of nitrogens with one attached hydrogen (secondary N) is 1. The van der Waals surface area contributed by atoms with Gasteiger partial charge in [0.05, 0.1) is 6.61 Å². The van der Waals surface area contributed by atoms with Crippen LogP contribution in [0, 0.1) is 11.3 Å². The Morgan fingerprint density at radius 1 is 1.28 bits per heavy atom. The third-order valence-corrected chi connectivity index (χ3v) is 3.67. The van der Waals surface area contributed by atoms with Crippen molar-refractivity contribution in [3.63, 3.8) is 0 Å². The van der Waals surface area contributed by atoms with Crippen LogP contribution in [0.1, 0.15) is 47.0 Å². The number of ether oxygens (including phenoxy) is 2. The fourth-order valence-electron chi connectivity index (χ4n) is 2.20. The maximum absolute atomic E-state index is 5.94. The van der Waals surface area contributed by atoms with Gasteiger partial charge in [-0.1, -0.05) is 27.7 Å². The molecule has 0 aromatic heterocycles. The van der Waals surface area contributed by atoms with E-state index < -0.39 is 0 Å². The first-order chi connectivity index (χ1) is 8.54. The number of hydrogen-bond donors (Lipinski definition) is 1. The van der Waals surface area contributed by atoms with Crippen molar-refractivity contribution < 1.29 is 9.47 Å². The highest BCUT2D eigenvalue weighted by molar-refractivity contribution is 4.80. The SMILES string of the molecule is CCCNC(COCC1CCOCC1)C(C)(C)C. The van der Waals surface area contributed by atoms with Gasteiger partial charge in [0, 0.05) is 25.9 Å². The minimum atomic E-state index is 0.255. The molecule has 1 atom stereocenters. The first kappa shape index (κ1) is 15.9. The van der Waals surface area contributed by atoms with Crippen LogP contribution in [0.25, 0.3) is 0 Å². The molecule has 1 saturated heterocycles. The lowest BCUT2D eigenvalue weighted by Crippen LogP contribution is -2.44. The molecule has 0 aromatic rings. The molecule has 1 unspecified atom stereocenters. The van der Waals surface area contributed by atoms with Crippen molar-refractivity contribution >= 4 is 0 Å². The average molecular weight is 257 g/mol. The second-order valence-electron chi connectivity index (χ2n) is 6.47. The number of hydrogen-bond acceptors (Lipinski definition) is 3. The van der Waals surface area contributed by atoms with Gasteiger partial charge >= 0.3 is 0 Å². The largest absolute Gasteiger partial charge is 0.381 e. The van der Waals surface area contributed by atoms with E-state index >= 15 is 0 Å². The van der Waals surface area contributed by atoms with Crippen LogP contribution in [-0.4, -0.2) is 39.0 Å². The van der Waals surface area contributed by atoms with Crippen molar-refractivity contribution in [2.45, 2.75) is 53.0 Å². The summed E-state index contributed by atoms with van der Waals surface area (Å²) in [6, 6.07) is 0.442. The molecule has 0 bridgehead atoms. The van der Waals surface area contributed by atoms with Crippen molar-refractivity contribution in [3.05, 3.63) is 0 Å². The van der Waals surface area contributed by atoms with E-state index in [0.29, 0.717) is 12.0 Å². The smallest absolute Gasteiger partial charge is 0.0624 e. The Balaban J connectivity index is 2.23. The maximum Gasteiger partial charge on any atom is 0.0624 e. The molecule has 1 aliphatic heterocycles. The second-order valence-corrected chi connectivity index (χ2v) is 6.47. The predicted molar refractivity (Wildman–Crippen MR) is 75.9 cm³/mol. The van der Waals surface area contributed by atoms with Crippen LogP contribution in [0.3, 0.4) is 0 Å². The van der Waals surface area contributed by atoms with Gasteiger partial charge in [-0.05, 0) is 37.1 Å². The topological polar surface area (TPSA) is 30.5 Å². The van der Waals surface area contributed by atoms with E-state index in [2.05, 4.69) is 33.0 Å². The zero-order valence-corrected chi connectivity index (χ0v) is 12.6. The van der Waals surface area contributed by atoms with E-state index in [1.165, 1.54) is 6.42 Å². The highest BCUT2D eigenvalue weighted by Crippen LogP contribution is 2.21. The monoisotopic (exact) mass is 257 g/mol. The van der Waals surface area contributed by atoms with Crippen LogP contribution < -0.4 is 5.32 Å². The highest BCUT2D eigenvalue weighted by Gasteiger charge is 2.24. The zero-order valence-electron chi connectivity index (χ0n) is 12.6. The normalized spacial score (nSPS) is 20.0. The maximum atomic E-state index is 5.94. The molecule has 1 aliphatic rings. The number of rotatable bonds is 7. The molecule has 3 nitrogen and oxygen atoms in total. The lowest BCUT2D eigenvalue weighted by Gasteiger charge is -2.32. The first-order valence-corrected chi connectivity index (χ1v) is 7.43. The molecule has 0 aliphatic carbocycles. The fraction of sp³-hybridized carbons (Fsp3) is 1.00. The summed E-state index contributed by atoms with van der Waals surface area (Å²) in [6.07, 6.45) is 3.48. The Bertz CT molecular complexity index is 207. The van der Waals surface area contributed by atoms with Gasteiger partial charge in [-0.3, -0.25) is 0 Å².